The van der Waals surface area contributed by atoms with Crippen molar-refractivity contribution in [2.45, 2.75) is 44.4 Å². The quantitative estimate of drug-likeness (QED) is 0.229. The molecule has 1 heterocycles. The van der Waals surface area contributed by atoms with Gasteiger partial charge in [0.05, 0.1) is 11.1 Å². The molecule has 1 fully saturated rings. The van der Waals surface area contributed by atoms with Crippen LogP contribution < -0.4 is 20.3 Å². The van der Waals surface area contributed by atoms with E-state index in [9.17, 15) is 13.2 Å². The van der Waals surface area contributed by atoms with Crippen molar-refractivity contribution in [3.05, 3.63) is 83.9 Å². The summed E-state index contributed by atoms with van der Waals surface area (Å²) >= 11 is 0. The van der Waals surface area contributed by atoms with Crippen LogP contribution in [0.25, 0.3) is 10.9 Å². The number of ether oxygens (including phenoxy) is 1. The highest BCUT2D eigenvalue weighted by Gasteiger charge is 2.30. The Morgan fingerprint density at radius 2 is 1.60 bits per heavy atom. The lowest BCUT2D eigenvalue weighted by molar-refractivity contribution is -0.137. The molecule has 210 valence electrons. The lowest BCUT2D eigenvalue weighted by Gasteiger charge is -2.29. The third-order valence-electron chi connectivity index (χ3n) is 7.24. The molecule has 0 atom stereocenters. The van der Waals surface area contributed by atoms with Gasteiger partial charge in [-0.25, -0.2) is 4.98 Å². The second-order valence-electron chi connectivity index (χ2n) is 10.6. The zero-order valence-electron chi connectivity index (χ0n) is 22.7. The zero-order valence-corrected chi connectivity index (χ0v) is 22.7. The molecule has 3 aromatic carbocycles. The van der Waals surface area contributed by atoms with Crippen LogP contribution >= 0.6 is 0 Å². The SMILES string of the molecule is CN(C)c1nc(NC2CCC(CNCc3cccc(Oc4cccc(C(F)(F)F)c4)c3)CC2)nc2ccccc12. The van der Waals surface area contributed by atoms with Crippen LogP contribution in [0.4, 0.5) is 24.9 Å². The largest absolute Gasteiger partial charge is 0.457 e. The van der Waals surface area contributed by atoms with Crippen LogP contribution in [0.15, 0.2) is 72.8 Å². The Balaban J connectivity index is 1.09. The average Bonchev–Trinajstić information content (AvgIpc) is 2.93. The van der Waals surface area contributed by atoms with Crippen LogP contribution in [0.1, 0.15) is 36.8 Å². The Hall–Kier alpha value is -3.85. The molecule has 0 saturated heterocycles. The lowest BCUT2D eigenvalue weighted by Crippen LogP contribution is -2.31. The van der Waals surface area contributed by atoms with E-state index < -0.39 is 11.7 Å². The molecule has 1 aromatic heterocycles. The first-order valence-electron chi connectivity index (χ1n) is 13.6. The van der Waals surface area contributed by atoms with Gasteiger partial charge in [-0.1, -0.05) is 30.3 Å². The molecule has 1 aliphatic carbocycles. The Bertz CT molecular complexity index is 1430. The molecule has 2 N–H and O–H groups in total. The maximum atomic E-state index is 13.0. The number of hydrogen-bond donors (Lipinski definition) is 2. The normalized spacial score (nSPS) is 17.5. The van der Waals surface area contributed by atoms with Crippen molar-refractivity contribution in [2.24, 2.45) is 5.92 Å². The third-order valence-corrected chi connectivity index (χ3v) is 7.24. The van der Waals surface area contributed by atoms with Gasteiger partial charge in [-0.15, -0.1) is 0 Å². The van der Waals surface area contributed by atoms with Crippen LogP contribution in [-0.4, -0.2) is 36.6 Å². The van der Waals surface area contributed by atoms with E-state index in [-0.39, 0.29) is 5.75 Å². The molecule has 0 spiro atoms. The van der Waals surface area contributed by atoms with Crippen molar-refractivity contribution in [3.8, 4) is 11.5 Å². The van der Waals surface area contributed by atoms with Gasteiger partial charge in [0.1, 0.15) is 17.3 Å². The molecule has 0 aliphatic heterocycles. The Labute approximate surface area is 232 Å². The summed E-state index contributed by atoms with van der Waals surface area (Å²) in [5.74, 6) is 2.85. The first-order valence-corrected chi connectivity index (χ1v) is 13.6. The van der Waals surface area contributed by atoms with Gasteiger partial charge in [-0.3, -0.25) is 0 Å². The highest BCUT2D eigenvalue weighted by molar-refractivity contribution is 5.90. The number of halogens is 3. The summed E-state index contributed by atoms with van der Waals surface area (Å²) < 4.78 is 44.7. The number of benzene rings is 3. The van der Waals surface area contributed by atoms with E-state index in [1.165, 1.54) is 12.1 Å². The van der Waals surface area contributed by atoms with Crippen LogP contribution in [0.5, 0.6) is 11.5 Å². The topological polar surface area (TPSA) is 62.3 Å². The number of nitrogens with one attached hydrogen (secondary N) is 2. The highest BCUT2D eigenvalue weighted by atomic mass is 19.4. The molecule has 1 saturated carbocycles. The zero-order chi connectivity index (χ0) is 28.1. The molecule has 9 heteroatoms. The molecule has 0 unspecified atom stereocenters. The molecule has 0 radical (unpaired) electrons. The van der Waals surface area contributed by atoms with E-state index in [0.29, 0.717) is 30.2 Å². The smallest absolute Gasteiger partial charge is 0.416 e. The molecule has 40 heavy (non-hydrogen) atoms. The number of anilines is 2. The number of nitrogens with zero attached hydrogens (tertiary/aromatic N) is 3. The van der Waals surface area contributed by atoms with Crippen LogP contribution in [-0.2, 0) is 12.7 Å². The molecular weight excluding hydrogens is 515 g/mol. The van der Waals surface area contributed by atoms with Gasteiger partial charge in [-0.05, 0) is 86.2 Å². The first kappa shape index (κ1) is 27.7. The van der Waals surface area contributed by atoms with Crippen molar-refractivity contribution in [2.75, 3.05) is 30.9 Å². The second-order valence-corrected chi connectivity index (χ2v) is 10.6. The number of aromatic nitrogens is 2. The summed E-state index contributed by atoms with van der Waals surface area (Å²) in [5.41, 5.74) is 1.23. The number of hydrogen-bond acceptors (Lipinski definition) is 6. The summed E-state index contributed by atoms with van der Waals surface area (Å²) in [4.78, 5) is 11.5. The van der Waals surface area contributed by atoms with Gasteiger partial charge < -0.3 is 20.3 Å². The summed E-state index contributed by atoms with van der Waals surface area (Å²) in [6.45, 7) is 1.57. The molecule has 1 aliphatic rings. The lowest BCUT2D eigenvalue weighted by atomic mass is 9.86. The molecule has 6 nitrogen and oxygen atoms in total. The number of rotatable bonds is 9. The minimum absolute atomic E-state index is 0.164. The highest BCUT2D eigenvalue weighted by Crippen LogP contribution is 2.33. The van der Waals surface area contributed by atoms with Gasteiger partial charge in [-0.2, -0.15) is 18.2 Å². The van der Waals surface area contributed by atoms with E-state index in [4.69, 9.17) is 14.7 Å². The Kier molecular flexibility index (Phi) is 8.40. The van der Waals surface area contributed by atoms with Crippen molar-refractivity contribution in [1.29, 1.82) is 0 Å². The van der Waals surface area contributed by atoms with Crippen molar-refractivity contribution >= 4 is 22.7 Å². The van der Waals surface area contributed by atoms with E-state index in [2.05, 4.69) is 10.6 Å². The minimum atomic E-state index is -4.40. The maximum Gasteiger partial charge on any atom is 0.416 e. The van der Waals surface area contributed by atoms with E-state index in [0.717, 1.165) is 66.6 Å². The minimum Gasteiger partial charge on any atom is -0.457 e. The van der Waals surface area contributed by atoms with Gasteiger partial charge in [0, 0.05) is 32.1 Å². The van der Waals surface area contributed by atoms with Crippen molar-refractivity contribution in [3.63, 3.8) is 0 Å². The fourth-order valence-electron chi connectivity index (χ4n) is 5.17. The predicted molar refractivity (Wildman–Crippen MR) is 153 cm³/mol. The van der Waals surface area contributed by atoms with Crippen LogP contribution in [0.3, 0.4) is 0 Å². The second kappa shape index (κ2) is 12.1. The summed E-state index contributed by atoms with van der Waals surface area (Å²) in [7, 11) is 3.99. The van der Waals surface area contributed by atoms with Crippen molar-refractivity contribution in [1.82, 2.24) is 15.3 Å². The molecule has 4 aromatic rings. The molecule has 5 rings (SSSR count). The monoisotopic (exact) mass is 549 g/mol. The number of para-hydroxylation sites is 1. The number of fused-ring (bicyclic) bond motifs is 1. The molecule has 0 amide bonds. The molecule has 0 bridgehead atoms. The van der Waals surface area contributed by atoms with Gasteiger partial charge >= 0.3 is 6.18 Å². The number of alkyl halides is 3. The Morgan fingerprint density at radius 3 is 2.35 bits per heavy atom. The van der Waals surface area contributed by atoms with Gasteiger partial charge in [0.25, 0.3) is 0 Å². The van der Waals surface area contributed by atoms with E-state index in [1.807, 2.05) is 61.5 Å². The summed E-state index contributed by atoms with van der Waals surface area (Å²) in [6.07, 6.45) is -0.0740. The standard InChI is InChI=1S/C31H34F3N5O/c1-39(2)29-27-11-3-4-12-28(27)37-30(38-29)36-24-15-13-21(14-16-24)19-35-20-22-7-5-9-25(17-22)40-26-10-6-8-23(18-26)31(32,33)34/h3-12,17-18,21,24,35H,13-16,19-20H2,1-2H3,(H,36,37,38). The maximum absolute atomic E-state index is 13.0. The third kappa shape index (κ3) is 7.01. The first-order chi connectivity index (χ1) is 19.2. The van der Waals surface area contributed by atoms with E-state index in [1.54, 1.807) is 6.07 Å². The fourth-order valence-corrected chi connectivity index (χ4v) is 5.17. The average molecular weight is 550 g/mol. The fraction of sp³-hybridized carbons (Fsp3) is 0.355. The predicted octanol–water partition coefficient (Wildman–Crippen LogP) is 7.27. The summed E-state index contributed by atoms with van der Waals surface area (Å²) in [5, 5.41) is 8.15. The Morgan fingerprint density at radius 1 is 0.875 bits per heavy atom. The molecular formula is C31H34F3N5O. The van der Waals surface area contributed by atoms with Gasteiger partial charge in [0.15, 0.2) is 0 Å². The van der Waals surface area contributed by atoms with Crippen LogP contribution in [0.2, 0.25) is 0 Å². The summed E-state index contributed by atoms with van der Waals surface area (Å²) in [6, 6.07) is 20.8. The van der Waals surface area contributed by atoms with Crippen LogP contribution in [0, 0.1) is 5.92 Å². The van der Waals surface area contributed by atoms with E-state index >= 15 is 0 Å². The van der Waals surface area contributed by atoms with Gasteiger partial charge in [0.2, 0.25) is 5.95 Å². The van der Waals surface area contributed by atoms with Crippen molar-refractivity contribution < 1.29 is 17.9 Å².